The maximum Gasteiger partial charge on any atom is 0.289 e. The molecule has 8 nitrogen and oxygen atoms in total. The van der Waals surface area contributed by atoms with Gasteiger partial charge in [0.05, 0.1) is 27.0 Å². The van der Waals surface area contributed by atoms with E-state index < -0.39 is 0 Å². The zero-order chi connectivity index (χ0) is 20.6. The minimum Gasteiger partial charge on any atom is -0.493 e. The predicted molar refractivity (Wildman–Crippen MR) is 126 cm³/mol. The first-order valence-corrected chi connectivity index (χ1v) is 9.73. The van der Waals surface area contributed by atoms with E-state index in [1.165, 1.54) is 6.26 Å². The lowest BCUT2D eigenvalue weighted by molar-refractivity contribution is 0.0657. The number of nitrogens with one attached hydrogen (secondary N) is 1. The molecule has 9 heteroatoms. The summed E-state index contributed by atoms with van der Waals surface area (Å²) in [6.07, 6.45) is 1.52. The number of rotatable bonds is 6. The Morgan fingerprint density at radius 3 is 2.40 bits per heavy atom. The van der Waals surface area contributed by atoms with Gasteiger partial charge in [-0.05, 0) is 36.8 Å². The molecule has 1 amide bonds. The fourth-order valence-electron chi connectivity index (χ4n) is 3.25. The highest BCUT2D eigenvalue weighted by atomic mass is 127. The number of aliphatic imine (C=N–C) groups is 1. The molecule has 0 atom stereocenters. The average Bonchev–Trinajstić information content (AvgIpc) is 3.31. The molecule has 1 saturated heterocycles. The number of guanidine groups is 1. The summed E-state index contributed by atoms with van der Waals surface area (Å²) in [4.78, 5) is 21.2. The molecule has 1 fully saturated rings. The molecule has 1 aliphatic rings. The van der Waals surface area contributed by atoms with Crippen molar-refractivity contribution in [2.75, 3.05) is 46.9 Å². The van der Waals surface area contributed by atoms with Crippen LogP contribution in [0.3, 0.4) is 0 Å². The van der Waals surface area contributed by atoms with Crippen LogP contribution in [0.2, 0.25) is 0 Å². The lowest BCUT2D eigenvalue weighted by Gasteiger charge is -2.36. The van der Waals surface area contributed by atoms with E-state index in [4.69, 9.17) is 18.9 Å². The molecule has 1 N–H and O–H groups in total. The minimum absolute atomic E-state index is 0. The van der Waals surface area contributed by atoms with Gasteiger partial charge in [0.2, 0.25) is 0 Å². The van der Waals surface area contributed by atoms with Crippen molar-refractivity contribution in [2.24, 2.45) is 4.99 Å². The van der Waals surface area contributed by atoms with Crippen molar-refractivity contribution < 1.29 is 18.7 Å². The number of piperazine rings is 1. The summed E-state index contributed by atoms with van der Waals surface area (Å²) in [5, 5.41) is 3.34. The molecule has 3 rings (SSSR count). The number of amides is 1. The van der Waals surface area contributed by atoms with E-state index in [0.717, 1.165) is 18.1 Å². The fraction of sp³-hybridized carbons (Fsp3) is 0.429. The van der Waals surface area contributed by atoms with Crippen LogP contribution in [0.15, 0.2) is 46.0 Å². The zero-order valence-electron chi connectivity index (χ0n) is 17.6. The van der Waals surface area contributed by atoms with E-state index in [0.29, 0.717) is 50.0 Å². The minimum atomic E-state index is -0.0677. The zero-order valence-corrected chi connectivity index (χ0v) is 19.9. The molecule has 2 aromatic rings. The topological polar surface area (TPSA) is 79.5 Å². The van der Waals surface area contributed by atoms with Gasteiger partial charge in [-0.15, -0.1) is 24.0 Å². The summed E-state index contributed by atoms with van der Waals surface area (Å²) in [5.41, 5.74) is 1.03. The van der Waals surface area contributed by atoms with Crippen LogP contribution < -0.4 is 14.8 Å². The summed E-state index contributed by atoms with van der Waals surface area (Å²) in [7, 11) is 3.24. The number of hydrogen-bond donors (Lipinski definition) is 1. The van der Waals surface area contributed by atoms with Crippen molar-refractivity contribution >= 4 is 35.8 Å². The number of nitrogens with zero attached hydrogens (tertiary/aromatic N) is 3. The van der Waals surface area contributed by atoms with Crippen molar-refractivity contribution in [3.05, 3.63) is 47.9 Å². The summed E-state index contributed by atoms with van der Waals surface area (Å²) in [6, 6.07) is 9.23. The van der Waals surface area contributed by atoms with Crippen LogP contribution >= 0.6 is 24.0 Å². The number of carbonyl (C=O) groups excluding carboxylic acids is 1. The fourth-order valence-corrected chi connectivity index (χ4v) is 3.25. The molecule has 0 bridgehead atoms. The van der Waals surface area contributed by atoms with Gasteiger partial charge < -0.3 is 29.0 Å². The highest BCUT2D eigenvalue weighted by Gasteiger charge is 2.25. The van der Waals surface area contributed by atoms with Gasteiger partial charge in [-0.3, -0.25) is 4.79 Å². The van der Waals surface area contributed by atoms with Gasteiger partial charge in [-0.1, -0.05) is 6.07 Å². The van der Waals surface area contributed by atoms with E-state index in [9.17, 15) is 4.79 Å². The molecule has 0 radical (unpaired) electrons. The predicted octanol–water partition coefficient (Wildman–Crippen LogP) is 2.84. The van der Waals surface area contributed by atoms with Gasteiger partial charge >= 0.3 is 0 Å². The first-order chi connectivity index (χ1) is 14.2. The summed E-state index contributed by atoms with van der Waals surface area (Å²) in [5.74, 6) is 2.54. The van der Waals surface area contributed by atoms with E-state index >= 15 is 0 Å². The molecular weight excluding hydrogens is 499 g/mol. The second-order valence-electron chi connectivity index (χ2n) is 6.62. The Kier molecular flexibility index (Phi) is 9.28. The number of halogens is 1. The Hall–Kier alpha value is -2.43. The van der Waals surface area contributed by atoms with Crippen LogP contribution in [0.1, 0.15) is 23.0 Å². The van der Waals surface area contributed by atoms with Crippen LogP contribution in [0.4, 0.5) is 0 Å². The normalized spacial score (nSPS) is 14.2. The summed E-state index contributed by atoms with van der Waals surface area (Å²) in [6.45, 7) is 6.02. The van der Waals surface area contributed by atoms with Crippen LogP contribution in [-0.4, -0.2) is 68.6 Å². The van der Waals surface area contributed by atoms with E-state index in [-0.39, 0.29) is 29.9 Å². The third-order valence-electron chi connectivity index (χ3n) is 4.79. The lowest BCUT2D eigenvalue weighted by Crippen LogP contribution is -2.53. The SMILES string of the molecule is CCNC(=NCc1ccc(OC)c(OC)c1)N1CCN(C(=O)c2ccco2)CC1.I. The monoisotopic (exact) mass is 528 g/mol. The molecule has 0 unspecified atom stereocenters. The Morgan fingerprint density at radius 1 is 1.10 bits per heavy atom. The quantitative estimate of drug-likeness (QED) is 0.353. The Morgan fingerprint density at radius 2 is 1.80 bits per heavy atom. The van der Waals surface area contributed by atoms with Gasteiger partial charge in [0.15, 0.2) is 23.2 Å². The maximum absolute atomic E-state index is 12.4. The average molecular weight is 528 g/mol. The Bertz CT molecular complexity index is 834. The molecule has 2 heterocycles. The second kappa shape index (κ2) is 11.7. The second-order valence-corrected chi connectivity index (χ2v) is 6.62. The smallest absolute Gasteiger partial charge is 0.289 e. The molecule has 1 aliphatic heterocycles. The number of benzene rings is 1. The van der Waals surface area contributed by atoms with E-state index in [1.54, 1.807) is 26.4 Å². The summed E-state index contributed by atoms with van der Waals surface area (Å²) < 4.78 is 15.9. The van der Waals surface area contributed by atoms with Gasteiger partial charge in [-0.2, -0.15) is 0 Å². The van der Waals surface area contributed by atoms with Crippen LogP contribution in [0, 0.1) is 0 Å². The third kappa shape index (κ3) is 5.80. The molecule has 0 saturated carbocycles. The van der Waals surface area contributed by atoms with Gasteiger partial charge in [0, 0.05) is 32.7 Å². The Balaban J connectivity index is 0.00000320. The Labute approximate surface area is 194 Å². The van der Waals surface area contributed by atoms with Crippen molar-refractivity contribution in [3.8, 4) is 11.5 Å². The van der Waals surface area contributed by atoms with Gasteiger partial charge in [-0.25, -0.2) is 4.99 Å². The molecule has 30 heavy (non-hydrogen) atoms. The van der Waals surface area contributed by atoms with Gasteiger partial charge in [0.25, 0.3) is 5.91 Å². The standard InChI is InChI=1S/C21H28N4O4.HI/c1-4-22-21(23-15-16-7-8-17(27-2)19(14-16)28-3)25-11-9-24(10-12-25)20(26)18-6-5-13-29-18;/h5-8,13-14H,4,9-12,15H2,1-3H3,(H,22,23);1H. The first-order valence-electron chi connectivity index (χ1n) is 9.73. The number of carbonyl (C=O) groups is 1. The van der Waals surface area contributed by atoms with Crippen LogP contribution in [0.25, 0.3) is 0 Å². The van der Waals surface area contributed by atoms with E-state index in [1.807, 2.05) is 30.0 Å². The molecule has 1 aromatic heterocycles. The van der Waals surface area contributed by atoms with Crippen LogP contribution in [0.5, 0.6) is 11.5 Å². The van der Waals surface area contributed by atoms with E-state index in [2.05, 4.69) is 10.2 Å². The van der Waals surface area contributed by atoms with Crippen molar-refractivity contribution in [1.82, 2.24) is 15.1 Å². The lowest BCUT2D eigenvalue weighted by atomic mass is 10.2. The molecule has 0 aliphatic carbocycles. The van der Waals surface area contributed by atoms with Gasteiger partial charge in [0.1, 0.15) is 0 Å². The summed E-state index contributed by atoms with van der Waals surface area (Å²) >= 11 is 0. The number of furan rings is 1. The molecule has 1 aromatic carbocycles. The number of methoxy groups -OCH3 is 2. The number of hydrogen-bond acceptors (Lipinski definition) is 5. The number of ether oxygens (including phenoxy) is 2. The molecule has 0 spiro atoms. The van der Waals surface area contributed by atoms with Crippen molar-refractivity contribution in [3.63, 3.8) is 0 Å². The third-order valence-corrected chi connectivity index (χ3v) is 4.79. The van der Waals surface area contributed by atoms with Crippen molar-refractivity contribution in [2.45, 2.75) is 13.5 Å². The van der Waals surface area contributed by atoms with Crippen LogP contribution in [-0.2, 0) is 6.54 Å². The highest BCUT2D eigenvalue weighted by molar-refractivity contribution is 14.0. The molecule has 164 valence electrons. The highest BCUT2D eigenvalue weighted by Crippen LogP contribution is 2.27. The molecular formula is C21H29IN4O4. The largest absolute Gasteiger partial charge is 0.493 e. The van der Waals surface area contributed by atoms with Crippen molar-refractivity contribution in [1.29, 1.82) is 0 Å². The first kappa shape index (κ1) is 23.8. The maximum atomic E-state index is 12.4.